The number of hydrogen-bond donors (Lipinski definition) is 2. The smallest absolute Gasteiger partial charge is 0.306 e. The van der Waals surface area contributed by atoms with E-state index in [1.807, 2.05) is 36.4 Å². The van der Waals surface area contributed by atoms with Crippen molar-refractivity contribution in [1.29, 1.82) is 0 Å². The second-order valence-electron chi connectivity index (χ2n) is 6.39. The van der Waals surface area contributed by atoms with Gasteiger partial charge in [0.1, 0.15) is 12.7 Å². The highest BCUT2D eigenvalue weighted by Gasteiger charge is 2.25. The third kappa shape index (κ3) is 7.55. The average Bonchev–Trinajstić information content (AvgIpc) is 2.65. The topological polar surface area (TPSA) is 87.1 Å². The number of aliphatic hydroxyl groups is 1. The van der Waals surface area contributed by atoms with E-state index in [1.54, 1.807) is 11.0 Å². The number of benzene rings is 1. The van der Waals surface area contributed by atoms with Gasteiger partial charge >= 0.3 is 5.97 Å². The van der Waals surface area contributed by atoms with Gasteiger partial charge in [-0.05, 0) is 24.3 Å². The Kier molecular flexibility index (Phi) is 8.40. The lowest BCUT2D eigenvalue weighted by molar-refractivity contribution is -0.137. The first kappa shape index (κ1) is 20.5. The molecule has 2 N–H and O–H groups in total. The molecule has 1 fully saturated rings. The van der Waals surface area contributed by atoms with Crippen LogP contribution in [0.5, 0.6) is 0 Å². The Morgan fingerprint density at radius 3 is 2.89 bits per heavy atom. The zero-order valence-electron chi connectivity index (χ0n) is 15.2. The number of carboxylic acid groups (broad SMARTS) is 1. The SMILES string of the molecule is O=C(O)CCOC#CCN1C(=O)CCC[C@@H]1/C=C/C(O)Cc1ccccc1. The van der Waals surface area contributed by atoms with E-state index in [0.717, 1.165) is 18.4 Å². The Labute approximate surface area is 159 Å². The lowest BCUT2D eigenvalue weighted by Crippen LogP contribution is -2.42. The number of aliphatic hydroxyl groups excluding tert-OH is 1. The van der Waals surface area contributed by atoms with E-state index in [1.165, 1.54) is 0 Å². The summed E-state index contributed by atoms with van der Waals surface area (Å²) < 4.78 is 4.93. The third-order valence-corrected chi connectivity index (χ3v) is 4.27. The molecule has 1 amide bonds. The maximum absolute atomic E-state index is 12.2. The lowest BCUT2D eigenvalue weighted by Gasteiger charge is -2.32. The van der Waals surface area contributed by atoms with Crippen molar-refractivity contribution in [3.05, 3.63) is 48.0 Å². The first-order valence-corrected chi connectivity index (χ1v) is 9.07. The second-order valence-corrected chi connectivity index (χ2v) is 6.39. The van der Waals surface area contributed by atoms with Crippen LogP contribution >= 0.6 is 0 Å². The molecule has 2 rings (SSSR count). The van der Waals surface area contributed by atoms with Crippen LogP contribution in [0.15, 0.2) is 42.5 Å². The van der Waals surface area contributed by atoms with Gasteiger partial charge in [-0.2, -0.15) is 0 Å². The number of carbonyl (C=O) groups excluding carboxylic acids is 1. The summed E-state index contributed by atoms with van der Waals surface area (Å²) in [5.74, 6) is 1.84. The summed E-state index contributed by atoms with van der Waals surface area (Å²) in [5.41, 5.74) is 1.05. The van der Waals surface area contributed by atoms with Crippen LogP contribution in [-0.4, -0.2) is 52.3 Å². The molecule has 1 unspecified atom stereocenters. The van der Waals surface area contributed by atoms with Crippen molar-refractivity contribution in [3.63, 3.8) is 0 Å². The molecule has 6 nitrogen and oxygen atoms in total. The average molecular weight is 371 g/mol. The first-order chi connectivity index (χ1) is 13.1. The van der Waals surface area contributed by atoms with Crippen LogP contribution in [0.2, 0.25) is 0 Å². The summed E-state index contributed by atoms with van der Waals surface area (Å²) in [7, 11) is 0. The molecule has 0 spiro atoms. The van der Waals surface area contributed by atoms with E-state index in [0.29, 0.717) is 12.8 Å². The van der Waals surface area contributed by atoms with E-state index in [2.05, 4.69) is 12.0 Å². The molecule has 0 aliphatic carbocycles. The molecular weight excluding hydrogens is 346 g/mol. The predicted molar refractivity (Wildman–Crippen MR) is 101 cm³/mol. The standard InChI is InChI=1S/C21H25NO5/c23-19(16-17-6-2-1-3-7-17)11-10-18-8-4-9-20(24)22(18)13-5-14-27-15-12-21(25)26/h1-3,6-7,10-11,18-19,23H,4,8-9,12-13,15-16H2,(H,25,26)/b11-10+/t18-,19?/m1/s1. The van der Waals surface area contributed by atoms with Crippen LogP contribution in [0.1, 0.15) is 31.2 Å². The minimum absolute atomic E-state index is 0.0191. The van der Waals surface area contributed by atoms with Crippen LogP contribution in [-0.2, 0) is 20.7 Å². The Hall–Kier alpha value is -2.78. The molecule has 1 aromatic rings. The van der Waals surface area contributed by atoms with Gasteiger partial charge in [-0.15, -0.1) is 0 Å². The maximum atomic E-state index is 12.2. The van der Waals surface area contributed by atoms with E-state index in [-0.39, 0.29) is 31.5 Å². The summed E-state index contributed by atoms with van der Waals surface area (Å²) in [6.07, 6.45) is 7.97. The van der Waals surface area contributed by atoms with Crippen LogP contribution in [0.25, 0.3) is 0 Å². The number of carbonyl (C=O) groups is 2. The van der Waals surface area contributed by atoms with Gasteiger partial charge in [-0.1, -0.05) is 42.5 Å². The number of hydrogen-bond acceptors (Lipinski definition) is 4. The van der Waals surface area contributed by atoms with Crippen LogP contribution in [0.3, 0.4) is 0 Å². The fourth-order valence-electron chi connectivity index (χ4n) is 2.89. The summed E-state index contributed by atoms with van der Waals surface area (Å²) in [6, 6.07) is 9.63. The van der Waals surface area contributed by atoms with Crippen molar-refractivity contribution in [1.82, 2.24) is 4.90 Å². The lowest BCUT2D eigenvalue weighted by atomic mass is 9.99. The van der Waals surface area contributed by atoms with E-state index < -0.39 is 12.1 Å². The van der Waals surface area contributed by atoms with Gasteiger partial charge in [0.05, 0.1) is 25.1 Å². The number of nitrogens with zero attached hydrogens (tertiary/aromatic N) is 1. The Morgan fingerprint density at radius 2 is 2.15 bits per heavy atom. The van der Waals surface area contributed by atoms with Crippen molar-refractivity contribution in [2.24, 2.45) is 0 Å². The number of likely N-dealkylation sites (tertiary alicyclic amines) is 1. The largest absolute Gasteiger partial charge is 0.481 e. The van der Waals surface area contributed by atoms with Gasteiger partial charge in [0, 0.05) is 12.8 Å². The van der Waals surface area contributed by atoms with Crippen molar-refractivity contribution in [3.8, 4) is 12.0 Å². The summed E-state index contributed by atoms with van der Waals surface area (Å²) in [4.78, 5) is 24.3. The molecule has 27 heavy (non-hydrogen) atoms. The molecule has 2 atom stereocenters. The van der Waals surface area contributed by atoms with Crippen LogP contribution < -0.4 is 0 Å². The molecule has 0 bridgehead atoms. The quantitative estimate of drug-likeness (QED) is 0.415. The molecule has 0 aromatic heterocycles. The summed E-state index contributed by atoms with van der Waals surface area (Å²) in [5, 5.41) is 18.7. The Morgan fingerprint density at radius 1 is 1.37 bits per heavy atom. The molecule has 1 aromatic carbocycles. The first-order valence-electron chi connectivity index (χ1n) is 9.07. The molecule has 0 saturated carbocycles. The molecule has 144 valence electrons. The number of piperidine rings is 1. The van der Waals surface area contributed by atoms with E-state index in [9.17, 15) is 14.7 Å². The molecule has 6 heteroatoms. The molecule has 1 heterocycles. The van der Waals surface area contributed by atoms with Gasteiger partial charge in [0.15, 0.2) is 0 Å². The fraction of sp³-hybridized carbons (Fsp3) is 0.429. The molecule has 1 aliphatic heterocycles. The predicted octanol–water partition coefficient (Wildman–Crippen LogP) is 1.98. The zero-order valence-corrected chi connectivity index (χ0v) is 15.2. The van der Waals surface area contributed by atoms with E-state index >= 15 is 0 Å². The van der Waals surface area contributed by atoms with Gasteiger partial charge in [0.25, 0.3) is 0 Å². The van der Waals surface area contributed by atoms with Gasteiger partial charge in [0.2, 0.25) is 5.91 Å². The minimum Gasteiger partial charge on any atom is -0.481 e. The van der Waals surface area contributed by atoms with Crippen LogP contribution in [0.4, 0.5) is 0 Å². The zero-order chi connectivity index (χ0) is 19.5. The summed E-state index contributed by atoms with van der Waals surface area (Å²) >= 11 is 0. The third-order valence-electron chi connectivity index (χ3n) is 4.27. The molecule has 1 aliphatic rings. The number of carboxylic acids is 1. The van der Waals surface area contributed by atoms with Crippen molar-refractivity contribution in [2.45, 2.75) is 44.2 Å². The summed E-state index contributed by atoms with van der Waals surface area (Å²) in [6.45, 7) is 0.237. The second kappa shape index (κ2) is 11.0. The highest BCUT2D eigenvalue weighted by Crippen LogP contribution is 2.19. The van der Waals surface area contributed by atoms with Gasteiger partial charge < -0.3 is 19.8 Å². The maximum Gasteiger partial charge on any atom is 0.306 e. The fourth-order valence-corrected chi connectivity index (χ4v) is 2.89. The Bertz CT molecular complexity index is 704. The highest BCUT2D eigenvalue weighted by molar-refractivity contribution is 5.77. The molecule has 1 saturated heterocycles. The van der Waals surface area contributed by atoms with Crippen molar-refractivity contribution < 1.29 is 24.5 Å². The monoisotopic (exact) mass is 371 g/mol. The number of aliphatic carboxylic acids is 1. The van der Waals surface area contributed by atoms with Gasteiger partial charge in [-0.25, -0.2) is 0 Å². The van der Waals surface area contributed by atoms with Gasteiger partial charge in [-0.3, -0.25) is 9.59 Å². The van der Waals surface area contributed by atoms with E-state index in [4.69, 9.17) is 9.84 Å². The highest BCUT2D eigenvalue weighted by atomic mass is 16.5. The number of rotatable bonds is 8. The number of ether oxygens (including phenoxy) is 1. The van der Waals surface area contributed by atoms with Crippen LogP contribution in [0, 0.1) is 12.0 Å². The normalized spacial score (nSPS) is 18.0. The number of amides is 1. The van der Waals surface area contributed by atoms with Crippen molar-refractivity contribution >= 4 is 11.9 Å². The minimum atomic E-state index is -0.942. The van der Waals surface area contributed by atoms with Crippen molar-refractivity contribution in [2.75, 3.05) is 13.2 Å². The molecular formula is C21H25NO5. The Balaban J connectivity index is 1.87. The molecule has 0 radical (unpaired) electrons.